The summed E-state index contributed by atoms with van der Waals surface area (Å²) >= 11 is 0. The molecule has 4 atom stereocenters. The molecule has 0 bridgehead atoms. The van der Waals surface area contributed by atoms with Gasteiger partial charge in [0, 0.05) is 37.8 Å². The number of aliphatic hydroxyl groups is 3. The molecule has 3 N–H and O–H groups in total. The van der Waals surface area contributed by atoms with Crippen molar-refractivity contribution in [2.75, 3.05) is 19.8 Å². The van der Waals surface area contributed by atoms with E-state index in [4.69, 9.17) is 22.4 Å². The summed E-state index contributed by atoms with van der Waals surface area (Å²) in [6.45, 7) is 9.33. The molecule has 3 radical (unpaired) electrons. The van der Waals surface area contributed by atoms with Gasteiger partial charge in [0.1, 0.15) is 20.1 Å². The van der Waals surface area contributed by atoms with Crippen molar-refractivity contribution in [2.45, 2.75) is 180 Å². The Balaban J connectivity index is -0.000000685. The van der Waals surface area contributed by atoms with Crippen LogP contribution in [-0.4, -0.2) is 67.3 Å². The second-order valence-electron chi connectivity index (χ2n) is 10.2. The maximum atomic E-state index is 9.32. The molecule has 0 aromatic carbocycles. The van der Waals surface area contributed by atoms with Gasteiger partial charge < -0.3 is 24.8 Å². The Morgan fingerprint density at radius 2 is 0.947 bits per heavy atom. The van der Waals surface area contributed by atoms with E-state index in [0.717, 1.165) is 6.42 Å². The van der Waals surface area contributed by atoms with Crippen LogP contribution in [0.3, 0.4) is 0 Å². The zero-order valence-corrected chi connectivity index (χ0v) is 27.2. The number of rotatable bonds is 23. The molecule has 227 valence electrons. The van der Waals surface area contributed by atoms with Crippen LogP contribution in [0.1, 0.15) is 156 Å². The molecule has 1 heterocycles. The van der Waals surface area contributed by atoms with E-state index in [9.17, 15) is 10.2 Å². The number of ether oxygens (including phenoxy) is 2. The summed E-state index contributed by atoms with van der Waals surface area (Å²) < 4.78 is 10.1. The van der Waals surface area contributed by atoms with E-state index in [0.29, 0.717) is 13.2 Å². The fraction of sp³-hybridized carbons (Fsp3) is 1.00. The molecule has 1 aliphatic heterocycles. The molecule has 1 saturated heterocycles. The number of hydrogen-bond donors (Lipinski definition) is 3. The Morgan fingerprint density at radius 1 is 0.605 bits per heavy atom. The van der Waals surface area contributed by atoms with Crippen molar-refractivity contribution in [3.8, 4) is 0 Å². The number of aliphatic hydroxyl groups excluding tert-OH is 3. The molecule has 0 spiro atoms. The maximum absolute atomic E-state index is 9.32. The van der Waals surface area contributed by atoms with Crippen LogP contribution in [0.2, 0.25) is 0 Å². The zero-order chi connectivity index (χ0) is 28.0. The first-order chi connectivity index (χ1) is 18.1. The van der Waals surface area contributed by atoms with Gasteiger partial charge in [0.05, 0.1) is 12.7 Å². The van der Waals surface area contributed by atoms with Gasteiger partial charge in [0.15, 0.2) is 0 Å². The standard InChI is InChI=1S/C22H46O.C7H13BO4.C2H6.V/c1-2-3-4-5-6-7-8-9-10-11-12-13-14-15-16-17-18-19-20-21-22-23;1-2-11-3-4-5(9)6(10)7(8)12-4;1-2;/h23H,2-22H2,1H3;4-7,9-10H,2-3H2,1H3;1-2H3;. The molecule has 0 amide bonds. The summed E-state index contributed by atoms with van der Waals surface area (Å²) in [6.07, 6.45) is 25.7. The second kappa shape index (κ2) is 35.5. The quantitative estimate of drug-likeness (QED) is 0.0865. The Hall–Kier alpha value is 0.449. The van der Waals surface area contributed by atoms with E-state index >= 15 is 0 Å². The predicted octanol–water partition coefficient (Wildman–Crippen LogP) is 7.46. The number of unbranched alkanes of at least 4 members (excludes halogenated alkanes) is 19. The topological polar surface area (TPSA) is 79.2 Å². The molecule has 1 rings (SSSR count). The Morgan fingerprint density at radius 3 is 1.21 bits per heavy atom. The van der Waals surface area contributed by atoms with E-state index in [1.54, 1.807) is 0 Å². The van der Waals surface area contributed by atoms with Crippen LogP contribution in [0.5, 0.6) is 0 Å². The van der Waals surface area contributed by atoms with Gasteiger partial charge in [0.2, 0.25) is 0 Å². The monoisotopic (exact) mass is 579 g/mol. The van der Waals surface area contributed by atoms with Crippen molar-refractivity contribution < 1.29 is 43.3 Å². The first-order valence-electron chi connectivity index (χ1n) is 16.0. The average Bonchev–Trinajstić information content (AvgIpc) is 3.16. The minimum atomic E-state index is -1.00. The van der Waals surface area contributed by atoms with Gasteiger partial charge in [-0.05, 0) is 13.3 Å². The van der Waals surface area contributed by atoms with Crippen molar-refractivity contribution >= 4 is 7.85 Å². The third-order valence-electron chi connectivity index (χ3n) is 6.90. The summed E-state index contributed by atoms with van der Waals surface area (Å²) in [7, 11) is 5.34. The van der Waals surface area contributed by atoms with Crippen molar-refractivity contribution in [3.05, 3.63) is 0 Å². The van der Waals surface area contributed by atoms with Gasteiger partial charge in [-0.2, -0.15) is 0 Å². The average molecular weight is 580 g/mol. The van der Waals surface area contributed by atoms with Gasteiger partial charge in [-0.15, -0.1) is 0 Å². The summed E-state index contributed by atoms with van der Waals surface area (Å²) in [5.74, 6) is 0. The third kappa shape index (κ3) is 28.0. The molecular formula is C31H65BO5V. The molecule has 1 fully saturated rings. The largest absolute Gasteiger partial charge is 0.396 e. The fourth-order valence-corrected chi connectivity index (χ4v) is 4.52. The zero-order valence-electron chi connectivity index (χ0n) is 25.8. The van der Waals surface area contributed by atoms with E-state index in [2.05, 4.69) is 6.92 Å². The predicted molar refractivity (Wildman–Crippen MR) is 159 cm³/mol. The minimum Gasteiger partial charge on any atom is -0.396 e. The second-order valence-corrected chi connectivity index (χ2v) is 10.2. The first kappa shape index (κ1) is 42.9. The molecule has 38 heavy (non-hydrogen) atoms. The fourth-order valence-electron chi connectivity index (χ4n) is 4.52. The molecule has 0 aromatic rings. The van der Waals surface area contributed by atoms with Gasteiger partial charge in [-0.1, -0.05) is 143 Å². The minimum absolute atomic E-state index is 0. The van der Waals surface area contributed by atoms with Crippen LogP contribution in [0.4, 0.5) is 0 Å². The summed E-state index contributed by atoms with van der Waals surface area (Å²) in [5.41, 5.74) is 0. The van der Waals surface area contributed by atoms with Gasteiger partial charge >= 0.3 is 0 Å². The SMILES string of the molecule is CC.CCCCCCCCCCCCCCCCCCCCCCO.[B]C1OC(COCC)C(O)C1O.[V]. The molecule has 7 heteroatoms. The van der Waals surface area contributed by atoms with Gasteiger partial charge in [-0.3, -0.25) is 0 Å². The Labute approximate surface area is 250 Å². The Bertz CT molecular complexity index is 400. The smallest absolute Gasteiger partial charge is 0.112 e. The van der Waals surface area contributed by atoms with Gasteiger partial charge in [0.25, 0.3) is 0 Å². The Kier molecular flexibility index (Phi) is 40.1. The molecule has 0 aliphatic carbocycles. The van der Waals surface area contributed by atoms with E-state index in [1.165, 1.54) is 122 Å². The van der Waals surface area contributed by atoms with Crippen LogP contribution in [0.25, 0.3) is 0 Å². The molecule has 4 unspecified atom stereocenters. The van der Waals surface area contributed by atoms with Crippen LogP contribution < -0.4 is 0 Å². The molecule has 1 aliphatic rings. The molecule has 0 aromatic heterocycles. The normalized spacial score (nSPS) is 20.2. The van der Waals surface area contributed by atoms with Crippen molar-refractivity contribution in [3.63, 3.8) is 0 Å². The third-order valence-corrected chi connectivity index (χ3v) is 6.90. The molecular weight excluding hydrogens is 514 g/mol. The summed E-state index contributed by atoms with van der Waals surface area (Å²) in [6, 6.07) is -0.801. The van der Waals surface area contributed by atoms with E-state index in [-0.39, 0.29) is 25.2 Å². The van der Waals surface area contributed by atoms with Crippen LogP contribution in [0, 0.1) is 0 Å². The van der Waals surface area contributed by atoms with Gasteiger partial charge in [-0.25, -0.2) is 0 Å². The van der Waals surface area contributed by atoms with Crippen LogP contribution >= 0.6 is 0 Å². The van der Waals surface area contributed by atoms with Crippen molar-refractivity contribution in [2.24, 2.45) is 0 Å². The van der Waals surface area contributed by atoms with Crippen LogP contribution in [0.15, 0.2) is 0 Å². The van der Waals surface area contributed by atoms with Crippen molar-refractivity contribution in [1.82, 2.24) is 0 Å². The number of hydrogen-bond acceptors (Lipinski definition) is 5. The summed E-state index contributed by atoms with van der Waals surface area (Å²) in [4.78, 5) is 0. The molecule has 0 saturated carbocycles. The summed E-state index contributed by atoms with van der Waals surface area (Å²) in [5, 5.41) is 27.2. The van der Waals surface area contributed by atoms with Crippen LogP contribution in [-0.2, 0) is 28.0 Å². The first-order valence-corrected chi connectivity index (χ1v) is 16.0. The maximum Gasteiger partial charge on any atom is 0.112 e. The van der Waals surface area contributed by atoms with E-state index in [1.807, 2.05) is 20.8 Å². The van der Waals surface area contributed by atoms with E-state index < -0.39 is 24.3 Å². The van der Waals surface area contributed by atoms with Crippen molar-refractivity contribution in [1.29, 1.82) is 0 Å². The molecule has 5 nitrogen and oxygen atoms in total.